The summed E-state index contributed by atoms with van der Waals surface area (Å²) < 4.78 is 28.4. The van der Waals surface area contributed by atoms with E-state index in [9.17, 15) is 18.5 Å². The molecule has 2 N–H and O–H groups in total. The Hall–Kier alpha value is -2.95. The number of hydrogen-bond acceptors (Lipinski definition) is 6. The maximum Gasteiger partial charge on any atom is 0.349 e. The van der Waals surface area contributed by atoms with Crippen molar-refractivity contribution in [1.82, 2.24) is 0 Å². The van der Waals surface area contributed by atoms with Crippen LogP contribution in [0.5, 0.6) is 0 Å². The lowest BCUT2D eigenvalue weighted by molar-refractivity contribution is -0.137. The molecule has 6 nitrogen and oxygen atoms in total. The van der Waals surface area contributed by atoms with Gasteiger partial charge in [0, 0.05) is 12.1 Å². The molecule has 0 amide bonds. The molecule has 0 heterocycles. The molecule has 0 aliphatic carbocycles. The molecule has 27 heavy (non-hydrogen) atoms. The molecular formula is C20H20N2O4S. The van der Waals surface area contributed by atoms with Crippen LogP contribution >= 0.6 is 0 Å². The fourth-order valence-electron chi connectivity index (χ4n) is 2.48. The van der Waals surface area contributed by atoms with Crippen molar-refractivity contribution >= 4 is 21.4 Å². The Balaban J connectivity index is 2.34. The number of carbonyl (C=O) groups excluding carboxylic acids is 1. The Kier molecular flexibility index (Phi) is 7.29. The summed E-state index contributed by atoms with van der Waals surface area (Å²) in [7, 11) is -3.39. The number of ether oxygens (including phenoxy) is 1. The Morgan fingerprint density at radius 1 is 0.963 bits per heavy atom. The highest BCUT2D eigenvalue weighted by Crippen LogP contribution is 2.27. The van der Waals surface area contributed by atoms with Gasteiger partial charge in [-0.1, -0.05) is 60.7 Å². The van der Waals surface area contributed by atoms with Crippen molar-refractivity contribution in [3.8, 4) is 6.07 Å². The fourth-order valence-corrected chi connectivity index (χ4v) is 3.38. The zero-order valence-corrected chi connectivity index (χ0v) is 15.5. The first-order valence-corrected chi connectivity index (χ1v) is 10.1. The summed E-state index contributed by atoms with van der Waals surface area (Å²) in [5.41, 5.74) is 6.88. The van der Waals surface area contributed by atoms with E-state index in [1.807, 2.05) is 18.2 Å². The van der Waals surface area contributed by atoms with Gasteiger partial charge in [-0.2, -0.15) is 5.26 Å². The number of benzene rings is 2. The minimum atomic E-state index is -3.39. The van der Waals surface area contributed by atoms with Gasteiger partial charge in [0.1, 0.15) is 18.2 Å². The van der Waals surface area contributed by atoms with Crippen LogP contribution in [0.2, 0.25) is 0 Å². The number of nitrogens with zero attached hydrogens (tertiary/aromatic N) is 1. The molecule has 2 aromatic rings. The molecule has 0 spiro atoms. The summed E-state index contributed by atoms with van der Waals surface area (Å²) in [5, 5.41) is 9.59. The molecule has 2 rings (SSSR count). The lowest BCUT2D eigenvalue weighted by Crippen LogP contribution is -2.22. The smallest absolute Gasteiger partial charge is 0.349 e. The number of nitriles is 1. The highest BCUT2D eigenvalue weighted by molar-refractivity contribution is 7.91. The quantitative estimate of drug-likeness (QED) is 0.423. The van der Waals surface area contributed by atoms with Crippen molar-refractivity contribution in [2.75, 3.05) is 24.7 Å². The molecule has 2 aromatic carbocycles. The number of carbonyl (C=O) groups is 1. The first-order chi connectivity index (χ1) is 13.0. The third kappa shape index (κ3) is 5.78. The molecule has 0 aliphatic heterocycles. The monoisotopic (exact) mass is 384 g/mol. The molecule has 0 atom stereocenters. The van der Waals surface area contributed by atoms with Crippen molar-refractivity contribution < 1.29 is 17.9 Å². The topological polar surface area (TPSA) is 110 Å². The van der Waals surface area contributed by atoms with E-state index in [4.69, 9.17) is 10.5 Å². The standard InChI is InChI=1S/C20H20N2O4S/c21-11-13-27(24,25)14-12-26-20(23)18(15-22)19(16-7-3-1-4-8-16)17-9-5-2-6-10-17/h1-10H,11-14,21H2. The zero-order valence-electron chi connectivity index (χ0n) is 14.7. The van der Waals surface area contributed by atoms with Gasteiger partial charge >= 0.3 is 5.97 Å². The number of rotatable bonds is 8. The number of esters is 1. The lowest BCUT2D eigenvalue weighted by Gasteiger charge is -2.12. The van der Waals surface area contributed by atoms with Crippen LogP contribution in [-0.4, -0.2) is 39.0 Å². The number of sulfone groups is 1. The van der Waals surface area contributed by atoms with E-state index in [1.54, 1.807) is 48.5 Å². The van der Waals surface area contributed by atoms with E-state index in [0.717, 1.165) is 0 Å². The van der Waals surface area contributed by atoms with Gasteiger partial charge in [0.25, 0.3) is 0 Å². The highest BCUT2D eigenvalue weighted by Gasteiger charge is 2.20. The number of nitrogens with two attached hydrogens (primary N) is 1. The van der Waals surface area contributed by atoms with Crippen molar-refractivity contribution in [2.24, 2.45) is 5.73 Å². The third-order valence-electron chi connectivity index (χ3n) is 3.75. The Labute approximate surface area is 158 Å². The second-order valence-corrected chi connectivity index (χ2v) is 7.97. The van der Waals surface area contributed by atoms with Crippen LogP contribution in [0.1, 0.15) is 11.1 Å². The van der Waals surface area contributed by atoms with Gasteiger partial charge in [-0.05, 0) is 11.1 Å². The average molecular weight is 384 g/mol. The van der Waals surface area contributed by atoms with Gasteiger partial charge in [-0.15, -0.1) is 0 Å². The number of hydrogen-bond donors (Lipinski definition) is 1. The average Bonchev–Trinajstić information content (AvgIpc) is 2.67. The fraction of sp³-hybridized carbons (Fsp3) is 0.200. The van der Waals surface area contributed by atoms with Crippen LogP contribution in [0.4, 0.5) is 0 Å². The highest BCUT2D eigenvalue weighted by atomic mass is 32.2. The summed E-state index contributed by atoms with van der Waals surface area (Å²) in [6.07, 6.45) is 0. The molecule has 140 valence electrons. The van der Waals surface area contributed by atoms with Gasteiger partial charge in [-0.3, -0.25) is 0 Å². The van der Waals surface area contributed by atoms with Crippen LogP contribution in [0, 0.1) is 11.3 Å². The van der Waals surface area contributed by atoms with Crippen molar-refractivity contribution in [3.63, 3.8) is 0 Å². The molecular weight excluding hydrogens is 364 g/mol. The minimum absolute atomic E-state index is 0.00574. The predicted molar refractivity (Wildman–Crippen MR) is 103 cm³/mol. The van der Waals surface area contributed by atoms with Gasteiger partial charge in [0.2, 0.25) is 0 Å². The summed E-state index contributed by atoms with van der Waals surface area (Å²) >= 11 is 0. The molecule has 0 aromatic heterocycles. The molecule has 0 saturated carbocycles. The van der Waals surface area contributed by atoms with Crippen molar-refractivity contribution in [1.29, 1.82) is 5.26 Å². The van der Waals surface area contributed by atoms with E-state index >= 15 is 0 Å². The SMILES string of the molecule is N#CC(C(=O)OCCS(=O)(=O)CCN)=C(c1ccccc1)c1ccccc1. The van der Waals surface area contributed by atoms with E-state index in [0.29, 0.717) is 16.7 Å². The maximum absolute atomic E-state index is 12.5. The Morgan fingerprint density at radius 2 is 1.48 bits per heavy atom. The normalized spacial score (nSPS) is 10.7. The molecule has 0 saturated heterocycles. The van der Waals surface area contributed by atoms with E-state index in [-0.39, 0.29) is 30.2 Å². The summed E-state index contributed by atoms with van der Waals surface area (Å²) in [5.74, 6) is -1.37. The zero-order chi connectivity index (χ0) is 19.7. The third-order valence-corrected chi connectivity index (χ3v) is 5.39. The van der Waals surface area contributed by atoms with Gasteiger partial charge in [-0.25, -0.2) is 13.2 Å². The Morgan fingerprint density at radius 3 is 1.93 bits per heavy atom. The Bertz CT molecular complexity index is 905. The van der Waals surface area contributed by atoms with Gasteiger partial charge in [0.15, 0.2) is 9.84 Å². The van der Waals surface area contributed by atoms with Crippen LogP contribution < -0.4 is 5.73 Å². The summed E-state index contributed by atoms with van der Waals surface area (Å²) in [6.45, 7) is -0.324. The summed E-state index contributed by atoms with van der Waals surface area (Å²) in [6, 6.07) is 19.9. The van der Waals surface area contributed by atoms with Gasteiger partial charge in [0.05, 0.1) is 11.5 Å². The van der Waals surface area contributed by atoms with Crippen LogP contribution in [-0.2, 0) is 19.4 Å². The van der Waals surface area contributed by atoms with Crippen LogP contribution in [0.3, 0.4) is 0 Å². The lowest BCUT2D eigenvalue weighted by atomic mass is 9.93. The first kappa shape index (κ1) is 20.4. The molecule has 7 heteroatoms. The van der Waals surface area contributed by atoms with Crippen LogP contribution in [0.15, 0.2) is 66.2 Å². The summed E-state index contributed by atoms with van der Waals surface area (Å²) in [4.78, 5) is 12.5. The van der Waals surface area contributed by atoms with Crippen molar-refractivity contribution in [2.45, 2.75) is 0 Å². The predicted octanol–water partition coefficient (Wildman–Crippen LogP) is 1.93. The molecule has 0 bridgehead atoms. The molecule has 0 fully saturated rings. The second kappa shape index (κ2) is 9.67. The largest absolute Gasteiger partial charge is 0.460 e. The van der Waals surface area contributed by atoms with E-state index < -0.39 is 15.8 Å². The second-order valence-electron chi connectivity index (χ2n) is 5.67. The van der Waals surface area contributed by atoms with Gasteiger partial charge < -0.3 is 10.5 Å². The molecule has 0 aliphatic rings. The van der Waals surface area contributed by atoms with Crippen LogP contribution in [0.25, 0.3) is 5.57 Å². The molecule has 0 unspecified atom stereocenters. The molecule has 0 radical (unpaired) electrons. The first-order valence-electron chi connectivity index (χ1n) is 8.31. The van der Waals surface area contributed by atoms with E-state index in [2.05, 4.69) is 0 Å². The van der Waals surface area contributed by atoms with E-state index in [1.165, 1.54) is 0 Å². The minimum Gasteiger partial charge on any atom is -0.460 e. The maximum atomic E-state index is 12.5. The van der Waals surface area contributed by atoms with Crippen molar-refractivity contribution in [3.05, 3.63) is 77.4 Å².